The van der Waals surface area contributed by atoms with Crippen LogP contribution in [0.4, 0.5) is 5.69 Å². The Hall–Kier alpha value is -3.66. The summed E-state index contributed by atoms with van der Waals surface area (Å²) in [6.45, 7) is 5.32. The van der Waals surface area contributed by atoms with Gasteiger partial charge in [0.1, 0.15) is 12.6 Å². The van der Waals surface area contributed by atoms with Crippen molar-refractivity contribution in [1.82, 2.24) is 10.2 Å². The number of nitrogens with one attached hydrogen (secondary N) is 1. The number of carbonyl (C=O) groups is 2. The fraction of sp³-hybridized carbons (Fsp3) is 0.235. The molecule has 230 valence electrons. The highest BCUT2D eigenvalue weighted by atomic mass is 79.9. The quantitative estimate of drug-likeness (QED) is 0.179. The van der Waals surface area contributed by atoms with Gasteiger partial charge >= 0.3 is 0 Å². The number of benzene rings is 4. The second kappa shape index (κ2) is 14.9. The van der Waals surface area contributed by atoms with Crippen LogP contribution in [-0.2, 0) is 32.6 Å². The molecule has 0 saturated heterocycles. The van der Waals surface area contributed by atoms with Crippen molar-refractivity contribution in [3.05, 3.63) is 129 Å². The zero-order valence-corrected chi connectivity index (χ0v) is 28.0. The van der Waals surface area contributed by atoms with E-state index >= 15 is 0 Å². The summed E-state index contributed by atoms with van der Waals surface area (Å²) >= 11 is 9.89. The average molecular weight is 697 g/mol. The van der Waals surface area contributed by atoms with Crippen LogP contribution < -0.4 is 9.62 Å². The molecule has 2 amide bonds. The molecule has 0 aliphatic heterocycles. The van der Waals surface area contributed by atoms with Gasteiger partial charge in [-0.25, -0.2) is 8.42 Å². The zero-order valence-electron chi connectivity index (χ0n) is 24.8. The predicted octanol–water partition coefficient (Wildman–Crippen LogP) is 6.69. The molecule has 0 radical (unpaired) electrons. The van der Waals surface area contributed by atoms with Crippen LogP contribution in [0.2, 0.25) is 5.02 Å². The molecule has 7 nitrogen and oxygen atoms in total. The summed E-state index contributed by atoms with van der Waals surface area (Å²) in [4.78, 5) is 29.6. The van der Waals surface area contributed by atoms with Crippen LogP contribution in [0.15, 0.2) is 106 Å². The van der Waals surface area contributed by atoms with Crippen molar-refractivity contribution in [3.8, 4) is 0 Å². The van der Waals surface area contributed by atoms with Crippen molar-refractivity contribution in [2.75, 3.05) is 17.4 Å². The molecule has 0 saturated carbocycles. The molecular weight excluding hydrogens is 662 g/mol. The normalized spacial score (nSPS) is 11.9. The molecule has 0 heterocycles. The molecule has 0 bridgehead atoms. The van der Waals surface area contributed by atoms with Crippen LogP contribution in [0.25, 0.3) is 0 Å². The maximum Gasteiger partial charge on any atom is 0.264 e. The Morgan fingerprint density at radius 1 is 0.864 bits per heavy atom. The maximum absolute atomic E-state index is 14.5. The molecule has 0 aromatic heterocycles. The smallest absolute Gasteiger partial charge is 0.264 e. The number of amides is 2. The lowest BCUT2D eigenvalue weighted by Crippen LogP contribution is -2.53. The first-order chi connectivity index (χ1) is 21.0. The molecule has 44 heavy (non-hydrogen) atoms. The van der Waals surface area contributed by atoms with Crippen LogP contribution in [0.5, 0.6) is 0 Å². The minimum atomic E-state index is -4.21. The van der Waals surface area contributed by atoms with Gasteiger partial charge in [-0.05, 0) is 73.9 Å². The Morgan fingerprint density at radius 3 is 2.16 bits per heavy atom. The van der Waals surface area contributed by atoms with E-state index in [0.717, 1.165) is 25.5 Å². The van der Waals surface area contributed by atoms with E-state index in [1.807, 2.05) is 68.4 Å². The van der Waals surface area contributed by atoms with Crippen LogP contribution in [0.1, 0.15) is 29.2 Å². The van der Waals surface area contributed by atoms with E-state index in [1.165, 1.54) is 17.0 Å². The van der Waals surface area contributed by atoms with E-state index in [0.29, 0.717) is 17.1 Å². The lowest BCUT2D eigenvalue weighted by atomic mass is 10.0. The van der Waals surface area contributed by atoms with Gasteiger partial charge in [0, 0.05) is 29.0 Å². The molecule has 0 unspecified atom stereocenters. The minimum absolute atomic E-state index is 0.0410. The van der Waals surface area contributed by atoms with Crippen molar-refractivity contribution in [3.63, 3.8) is 0 Å². The van der Waals surface area contributed by atoms with Crippen molar-refractivity contribution < 1.29 is 18.0 Å². The highest BCUT2D eigenvalue weighted by Gasteiger charge is 2.35. The predicted molar refractivity (Wildman–Crippen MR) is 179 cm³/mol. The van der Waals surface area contributed by atoms with Gasteiger partial charge in [0.25, 0.3) is 10.0 Å². The van der Waals surface area contributed by atoms with Gasteiger partial charge in [-0.15, -0.1) is 0 Å². The number of likely N-dealkylation sites (N-methyl/N-ethyl adjacent to an activating group) is 1. The van der Waals surface area contributed by atoms with Crippen molar-refractivity contribution >= 4 is 55.1 Å². The standard InChI is InChI=1S/C34H35BrClN3O4S/c1-4-37-34(41)32(21-26-9-6-5-7-10-26)38(22-27-15-17-28(35)18-16-27)33(40)23-39(31-12-8-11-30(36)25(31)3)44(42,43)29-19-13-24(2)14-20-29/h5-20,32H,4,21-23H2,1-3H3,(H,37,41)/t32-/m0/s1. The first-order valence-electron chi connectivity index (χ1n) is 14.2. The number of carbonyl (C=O) groups excluding carboxylic acids is 2. The third kappa shape index (κ3) is 8.08. The minimum Gasteiger partial charge on any atom is -0.355 e. The summed E-state index contributed by atoms with van der Waals surface area (Å²) in [5, 5.41) is 3.24. The highest BCUT2D eigenvalue weighted by molar-refractivity contribution is 9.10. The number of hydrogen-bond donors (Lipinski definition) is 1. The molecule has 0 aliphatic rings. The first kappa shape index (κ1) is 33.2. The third-order valence-corrected chi connectivity index (χ3v) is 10.00. The Balaban J connectivity index is 1.82. The fourth-order valence-corrected chi connectivity index (χ4v) is 6.76. The zero-order chi connectivity index (χ0) is 31.9. The summed E-state index contributed by atoms with van der Waals surface area (Å²) in [6, 6.07) is 27.4. The molecule has 10 heteroatoms. The molecule has 1 N–H and O–H groups in total. The number of aryl methyl sites for hydroxylation is 1. The largest absolute Gasteiger partial charge is 0.355 e. The maximum atomic E-state index is 14.5. The second-order valence-corrected chi connectivity index (χ2v) is 13.6. The second-order valence-electron chi connectivity index (χ2n) is 10.5. The molecule has 4 rings (SSSR count). The Labute approximate surface area is 273 Å². The lowest BCUT2D eigenvalue weighted by molar-refractivity contribution is -0.140. The number of anilines is 1. The van der Waals surface area contributed by atoms with Crippen LogP contribution in [0, 0.1) is 13.8 Å². The molecule has 1 atom stereocenters. The van der Waals surface area contributed by atoms with Crippen molar-refractivity contribution in [1.29, 1.82) is 0 Å². The van der Waals surface area contributed by atoms with Gasteiger partial charge in [0.2, 0.25) is 11.8 Å². The van der Waals surface area contributed by atoms with E-state index < -0.39 is 28.5 Å². The van der Waals surface area contributed by atoms with Gasteiger partial charge in [-0.2, -0.15) is 0 Å². The van der Waals surface area contributed by atoms with E-state index in [4.69, 9.17) is 11.6 Å². The van der Waals surface area contributed by atoms with Gasteiger partial charge < -0.3 is 10.2 Å². The van der Waals surface area contributed by atoms with Crippen LogP contribution in [-0.4, -0.2) is 44.3 Å². The number of halogens is 2. The number of sulfonamides is 1. The monoisotopic (exact) mass is 695 g/mol. The van der Waals surface area contributed by atoms with Gasteiger partial charge in [0.15, 0.2) is 0 Å². The molecule has 0 spiro atoms. The molecule has 4 aromatic carbocycles. The number of hydrogen-bond acceptors (Lipinski definition) is 4. The van der Waals surface area contributed by atoms with E-state index in [1.54, 1.807) is 37.3 Å². The molecule has 4 aromatic rings. The van der Waals surface area contributed by atoms with Crippen molar-refractivity contribution in [2.45, 2.75) is 44.7 Å². The lowest BCUT2D eigenvalue weighted by Gasteiger charge is -2.34. The molecule has 0 fully saturated rings. The SMILES string of the molecule is CCNC(=O)[C@H](Cc1ccccc1)N(Cc1ccc(Br)cc1)C(=O)CN(c1cccc(Cl)c1C)S(=O)(=O)c1ccc(C)cc1. The van der Waals surface area contributed by atoms with E-state index in [-0.39, 0.29) is 29.5 Å². The number of nitrogens with zero attached hydrogens (tertiary/aromatic N) is 2. The third-order valence-electron chi connectivity index (χ3n) is 7.28. The van der Waals surface area contributed by atoms with Crippen LogP contribution in [0.3, 0.4) is 0 Å². The molecule has 0 aliphatic carbocycles. The summed E-state index contributed by atoms with van der Waals surface area (Å²) in [5.74, 6) is -0.858. The fourth-order valence-electron chi connectivity index (χ4n) is 4.85. The average Bonchev–Trinajstić information content (AvgIpc) is 3.01. The number of rotatable bonds is 12. The van der Waals surface area contributed by atoms with Gasteiger partial charge in [-0.3, -0.25) is 13.9 Å². The van der Waals surface area contributed by atoms with Gasteiger partial charge in [-0.1, -0.05) is 93.8 Å². The summed E-state index contributed by atoms with van der Waals surface area (Å²) in [5.41, 5.74) is 3.36. The highest BCUT2D eigenvalue weighted by Crippen LogP contribution is 2.31. The Bertz CT molecular complexity index is 1700. The van der Waals surface area contributed by atoms with Crippen molar-refractivity contribution in [2.24, 2.45) is 0 Å². The van der Waals surface area contributed by atoms with Crippen LogP contribution >= 0.6 is 27.5 Å². The van der Waals surface area contributed by atoms with E-state index in [2.05, 4.69) is 21.2 Å². The Morgan fingerprint density at radius 2 is 1.52 bits per heavy atom. The summed E-state index contributed by atoms with van der Waals surface area (Å²) in [6.07, 6.45) is 0.246. The molecular formula is C34H35BrClN3O4S. The van der Waals surface area contributed by atoms with Gasteiger partial charge in [0.05, 0.1) is 10.6 Å². The summed E-state index contributed by atoms with van der Waals surface area (Å²) < 4.78 is 30.3. The topological polar surface area (TPSA) is 86.8 Å². The van der Waals surface area contributed by atoms with E-state index in [9.17, 15) is 18.0 Å². The Kier molecular flexibility index (Phi) is 11.2. The summed E-state index contributed by atoms with van der Waals surface area (Å²) in [7, 11) is -4.21. The first-order valence-corrected chi connectivity index (χ1v) is 16.8.